The van der Waals surface area contributed by atoms with Gasteiger partial charge in [-0.3, -0.25) is 9.10 Å². The summed E-state index contributed by atoms with van der Waals surface area (Å²) in [6.07, 6.45) is 1.91. The molecule has 3 rings (SSSR count). The second kappa shape index (κ2) is 10.2. The third-order valence-corrected chi connectivity index (χ3v) is 6.77. The van der Waals surface area contributed by atoms with Gasteiger partial charge >= 0.3 is 0 Å². The summed E-state index contributed by atoms with van der Waals surface area (Å²) >= 11 is 5.90. The minimum Gasteiger partial charge on any atom is -0.495 e. The van der Waals surface area contributed by atoms with Crippen LogP contribution in [0.1, 0.15) is 12.8 Å². The van der Waals surface area contributed by atoms with Gasteiger partial charge in [-0.15, -0.1) is 0 Å². The van der Waals surface area contributed by atoms with Crippen LogP contribution >= 0.6 is 11.6 Å². The normalized spacial score (nSPS) is 14.4. The second-order valence-electron chi connectivity index (χ2n) is 7.45. The van der Waals surface area contributed by atoms with Crippen molar-refractivity contribution in [2.45, 2.75) is 12.8 Å². The maximum Gasteiger partial charge on any atom is 0.232 e. The summed E-state index contributed by atoms with van der Waals surface area (Å²) in [5.74, 6) is 0.870. The highest BCUT2D eigenvalue weighted by Crippen LogP contribution is 2.28. The van der Waals surface area contributed by atoms with E-state index in [1.807, 2.05) is 29.2 Å². The maximum absolute atomic E-state index is 12.7. The molecule has 7 nitrogen and oxygen atoms in total. The molecule has 1 fully saturated rings. The molecule has 0 N–H and O–H groups in total. The fourth-order valence-corrected chi connectivity index (χ4v) is 4.80. The molecular formula is C22H28ClN3O4S. The third kappa shape index (κ3) is 6.04. The first kappa shape index (κ1) is 23.2. The first-order valence-electron chi connectivity index (χ1n) is 10.2. The number of ether oxygens (including phenoxy) is 1. The molecule has 2 aromatic rings. The Morgan fingerprint density at radius 3 is 2.32 bits per heavy atom. The van der Waals surface area contributed by atoms with Crippen LogP contribution in [0.15, 0.2) is 48.5 Å². The Kier molecular flexibility index (Phi) is 7.67. The zero-order valence-electron chi connectivity index (χ0n) is 17.8. The summed E-state index contributed by atoms with van der Waals surface area (Å²) in [5, 5.41) is 0.541. The van der Waals surface area contributed by atoms with Crippen molar-refractivity contribution in [3.63, 3.8) is 0 Å². The highest BCUT2D eigenvalue weighted by molar-refractivity contribution is 7.92. The number of benzene rings is 2. The fourth-order valence-electron chi connectivity index (χ4n) is 3.71. The molecule has 0 saturated carbocycles. The molecule has 1 amide bonds. The van der Waals surface area contributed by atoms with E-state index in [1.54, 1.807) is 31.4 Å². The molecule has 0 aliphatic carbocycles. The SMILES string of the molecule is COc1ccccc1N1CCN(C(=O)CCCN(c2ccc(Cl)cc2)S(C)(=O)=O)CC1. The number of anilines is 2. The van der Waals surface area contributed by atoms with E-state index in [1.165, 1.54) is 10.6 Å². The van der Waals surface area contributed by atoms with Crippen molar-refractivity contribution in [2.75, 3.05) is 55.3 Å². The number of hydrogen-bond donors (Lipinski definition) is 0. The third-order valence-electron chi connectivity index (χ3n) is 5.33. The van der Waals surface area contributed by atoms with Crippen LogP contribution in [0.2, 0.25) is 5.02 Å². The Hall–Kier alpha value is -2.45. The second-order valence-corrected chi connectivity index (χ2v) is 9.80. The maximum atomic E-state index is 12.7. The average Bonchev–Trinajstić information content (AvgIpc) is 2.76. The summed E-state index contributed by atoms with van der Waals surface area (Å²) in [7, 11) is -1.80. The van der Waals surface area contributed by atoms with Crippen molar-refractivity contribution >= 4 is 38.9 Å². The van der Waals surface area contributed by atoms with E-state index in [-0.39, 0.29) is 12.5 Å². The summed E-state index contributed by atoms with van der Waals surface area (Å²) in [4.78, 5) is 16.7. The average molecular weight is 466 g/mol. The molecule has 1 aliphatic heterocycles. The summed E-state index contributed by atoms with van der Waals surface area (Å²) in [5.41, 5.74) is 1.58. The molecule has 1 aliphatic rings. The van der Waals surface area contributed by atoms with Crippen LogP contribution in [-0.2, 0) is 14.8 Å². The first-order chi connectivity index (χ1) is 14.8. The van der Waals surface area contributed by atoms with Gasteiger partial charge in [0.1, 0.15) is 5.75 Å². The quantitative estimate of drug-likeness (QED) is 0.598. The van der Waals surface area contributed by atoms with Crippen molar-refractivity contribution in [3.05, 3.63) is 53.6 Å². The van der Waals surface area contributed by atoms with E-state index in [0.29, 0.717) is 36.6 Å². The number of nitrogens with zero attached hydrogens (tertiary/aromatic N) is 3. The molecule has 0 radical (unpaired) electrons. The van der Waals surface area contributed by atoms with Gasteiger partial charge in [-0.25, -0.2) is 8.42 Å². The Labute approximate surface area is 189 Å². The van der Waals surface area contributed by atoms with Crippen LogP contribution < -0.4 is 13.9 Å². The van der Waals surface area contributed by atoms with Crippen LogP contribution in [0.3, 0.4) is 0 Å². The Morgan fingerprint density at radius 1 is 1.06 bits per heavy atom. The minimum absolute atomic E-state index is 0.0456. The van der Waals surface area contributed by atoms with Gasteiger partial charge in [-0.1, -0.05) is 23.7 Å². The molecule has 0 unspecified atom stereocenters. The number of amides is 1. The minimum atomic E-state index is -3.45. The van der Waals surface area contributed by atoms with Crippen LogP contribution in [0.5, 0.6) is 5.75 Å². The zero-order chi connectivity index (χ0) is 22.4. The Balaban J connectivity index is 1.52. The highest BCUT2D eigenvalue weighted by Gasteiger charge is 2.23. The van der Waals surface area contributed by atoms with Gasteiger partial charge in [-0.2, -0.15) is 0 Å². The molecule has 9 heteroatoms. The molecule has 0 spiro atoms. The van der Waals surface area contributed by atoms with Crippen molar-refractivity contribution in [1.29, 1.82) is 0 Å². The zero-order valence-corrected chi connectivity index (χ0v) is 19.4. The number of methoxy groups -OCH3 is 1. The van der Waals surface area contributed by atoms with E-state index in [2.05, 4.69) is 4.90 Å². The molecule has 0 bridgehead atoms. The predicted octanol–water partition coefficient (Wildman–Crippen LogP) is 3.24. The number of sulfonamides is 1. The van der Waals surface area contributed by atoms with E-state index in [0.717, 1.165) is 24.5 Å². The monoisotopic (exact) mass is 465 g/mol. The highest BCUT2D eigenvalue weighted by atomic mass is 35.5. The predicted molar refractivity (Wildman–Crippen MR) is 125 cm³/mol. The number of carbonyl (C=O) groups excluding carboxylic acids is 1. The van der Waals surface area contributed by atoms with Crippen molar-refractivity contribution in [3.8, 4) is 5.75 Å². The summed E-state index contributed by atoms with van der Waals surface area (Å²) in [6.45, 7) is 2.96. The van der Waals surface area contributed by atoms with Crippen LogP contribution in [0.25, 0.3) is 0 Å². The lowest BCUT2D eigenvalue weighted by Gasteiger charge is -2.36. The molecule has 0 atom stereocenters. The lowest BCUT2D eigenvalue weighted by atomic mass is 10.2. The lowest BCUT2D eigenvalue weighted by Crippen LogP contribution is -2.49. The van der Waals surface area contributed by atoms with Crippen molar-refractivity contribution < 1.29 is 17.9 Å². The smallest absolute Gasteiger partial charge is 0.232 e. The number of rotatable bonds is 8. The van der Waals surface area contributed by atoms with Gasteiger partial charge < -0.3 is 14.5 Å². The van der Waals surface area contributed by atoms with Crippen LogP contribution in [0.4, 0.5) is 11.4 Å². The van der Waals surface area contributed by atoms with Gasteiger partial charge in [-0.05, 0) is 42.8 Å². The molecule has 168 valence electrons. The van der Waals surface area contributed by atoms with Crippen molar-refractivity contribution in [1.82, 2.24) is 4.90 Å². The van der Waals surface area contributed by atoms with Gasteiger partial charge in [0.05, 0.1) is 24.7 Å². The van der Waals surface area contributed by atoms with E-state index in [9.17, 15) is 13.2 Å². The molecule has 31 heavy (non-hydrogen) atoms. The molecule has 1 saturated heterocycles. The number of hydrogen-bond acceptors (Lipinski definition) is 5. The standard InChI is InChI=1S/C22H28ClN3O4S/c1-30-21-7-4-3-6-20(21)24-14-16-25(17-15-24)22(27)8-5-13-26(31(2,28)29)19-11-9-18(23)10-12-19/h3-4,6-7,9-12H,5,8,13-17H2,1-2H3. The fraction of sp³-hybridized carbons (Fsp3) is 0.409. The van der Waals surface area contributed by atoms with E-state index in [4.69, 9.17) is 16.3 Å². The summed E-state index contributed by atoms with van der Waals surface area (Å²) < 4.78 is 31.1. The molecule has 2 aromatic carbocycles. The van der Waals surface area contributed by atoms with E-state index >= 15 is 0 Å². The van der Waals surface area contributed by atoms with E-state index < -0.39 is 10.0 Å². The van der Waals surface area contributed by atoms with Gasteiger partial charge in [0.25, 0.3) is 0 Å². The molecular weight excluding hydrogens is 438 g/mol. The Morgan fingerprint density at radius 2 is 1.71 bits per heavy atom. The number of halogens is 1. The molecule has 1 heterocycles. The number of piperazine rings is 1. The first-order valence-corrected chi connectivity index (χ1v) is 12.4. The number of carbonyl (C=O) groups is 1. The van der Waals surface area contributed by atoms with Gasteiger partial charge in [0.15, 0.2) is 0 Å². The molecule has 0 aromatic heterocycles. The van der Waals surface area contributed by atoms with Gasteiger partial charge in [0.2, 0.25) is 15.9 Å². The van der Waals surface area contributed by atoms with Crippen molar-refractivity contribution in [2.24, 2.45) is 0 Å². The summed E-state index contributed by atoms with van der Waals surface area (Å²) in [6, 6.07) is 14.5. The van der Waals surface area contributed by atoms with Crippen LogP contribution in [0, 0.1) is 0 Å². The lowest BCUT2D eigenvalue weighted by molar-refractivity contribution is -0.131. The van der Waals surface area contributed by atoms with Crippen LogP contribution in [-0.4, -0.2) is 65.3 Å². The largest absolute Gasteiger partial charge is 0.495 e. The Bertz CT molecular complexity index is 990. The topological polar surface area (TPSA) is 70.2 Å². The number of para-hydroxylation sites is 2. The van der Waals surface area contributed by atoms with Gasteiger partial charge in [0, 0.05) is 44.2 Å².